The number of benzene rings is 1. The summed E-state index contributed by atoms with van der Waals surface area (Å²) in [6.45, 7) is 2.26. The Morgan fingerprint density at radius 2 is 1.89 bits per heavy atom. The number of aromatic nitrogens is 2. The molecule has 2 heterocycles. The Hall–Kier alpha value is -3.03. The lowest BCUT2D eigenvalue weighted by molar-refractivity contribution is -0.128. The van der Waals surface area contributed by atoms with Gasteiger partial charge in [0.05, 0.1) is 12.2 Å². The Balaban J connectivity index is 1.87. The molecule has 1 fully saturated rings. The first-order valence-corrected chi connectivity index (χ1v) is 9.07. The molecule has 0 unspecified atom stereocenters. The second kappa shape index (κ2) is 7.92. The topological polar surface area (TPSA) is 69.6 Å². The highest BCUT2D eigenvalue weighted by molar-refractivity contribution is 5.96. The molecule has 0 saturated carbocycles. The van der Waals surface area contributed by atoms with E-state index in [9.17, 15) is 14.0 Å². The van der Waals surface area contributed by atoms with Gasteiger partial charge in [-0.15, -0.1) is 0 Å². The molecule has 3 rings (SSSR count). The third-order valence-electron chi connectivity index (χ3n) is 4.83. The second-order valence-electron chi connectivity index (χ2n) is 7.22. The van der Waals surface area contributed by atoms with E-state index in [1.807, 2.05) is 25.1 Å². The number of anilines is 2. The van der Waals surface area contributed by atoms with Crippen LogP contribution in [0.3, 0.4) is 0 Å². The van der Waals surface area contributed by atoms with Crippen LogP contribution >= 0.6 is 0 Å². The SMILES string of the molecule is CC(=O)N(C)Cc1nc([C@H]2CC(=O)N(c3ccc(F)cc3)C2)cc(N(C)C)n1. The van der Waals surface area contributed by atoms with Gasteiger partial charge in [-0.05, 0) is 24.3 Å². The standard InChI is InChI=1S/C20H24FN5O2/c1-13(27)25(4)12-18-22-17(10-19(23-18)24(2)3)14-9-20(28)26(11-14)16-7-5-15(21)6-8-16/h5-8,10,14H,9,11-12H2,1-4H3/t14-/m0/s1. The maximum atomic E-state index is 13.2. The van der Waals surface area contributed by atoms with Crippen molar-refractivity contribution in [1.82, 2.24) is 14.9 Å². The Labute approximate surface area is 163 Å². The molecule has 1 aromatic carbocycles. The molecule has 0 aliphatic carbocycles. The summed E-state index contributed by atoms with van der Waals surface area (Å²) in [5.41, 5.74) is 1.44. The van der Waals surface area contributed by atoms with Crippen LogP contribution < -0.4 is 9.80 Å². The average Bonchev–Trinajstić information content (AvgIpc) is 3.03. The van der Waals surface area contributed by atoms with Crippen molar-refractivity contribution in [1.29, 1.82) is 0 Å². The van der Waals surface area contributed by atoms with Crippen LogP contribution in [0.2, 0.25) is 0 Å². The first-order valence-electron chi connectivity index (χ1n) is 9.07. The van der Waals surface area contributed by atoms with Crippen LogP contribution in [0.5, 0.6) is 0 Å². The van der Waals surface area contributed by atoms with E-state index in [0.29, 0.717) is 31.0 Å². The first-order chi connectivity index (χ1) is 13.2. The van der Waals surface area contributed by atoms with Crippen LogP contribution in [-0.2, 0) is 16.1 Å². The zero-order chi connectivity index (χ0) is 20.4. The molecule has 0 bridgehead atoms. The van der Waals surface area contributed by atoms with Crippen LogP contribution in [0.15, 0.2) is 30.3 Å². The van der Waals surface area contributed by atoms with Gasteiger partial charge in [-0.25, -0.2) is 14.4 Å². The van der Waals surface area contributed by atoms with E-state index < -0.39 is 0 Å². The van der Waals surface area contributed by atoms with Gasteiger partial charge in [0, 0.05) is 58.7 Å². The molecule has 1 aliphatic rings. The van der Waals surface area contributed by atoms with Crippen molar-refractivity contribution in [3.05, 3.63) is 47.7 Å². The number of hydrogen-bond acceptors (Lipinski definition) is 5. The molecule has 2 aromatic rings. The van der Waals surface area contributed by atoms with Gasteiger partial charge < -0.3 is 14.7 Å². The van der Waals surface area contributed by atoms with Crippen LogP contribution in [0.4, 0.5) is 15.9 Å². The molecule has 1 aromatic heterocycles. The molecule has 28 heavy (non-hydrogen) atoms. The molecule has 1 aliphatic heterocycles. The van der Waals surface area contributed by atoms with Crippen LogP contribution in [0.1, 0.15) is 30.8 Å². The highest BCUT2D eigenvalue weighted by atomic mass is 19.1. The zero-order valence-corrected chi connectivity index (χ0v) is 16.5. The quantitative estimate of drug-likeness (QED) is 0.789. The molecule has 8 heteroatoms. The normalized spacial score (nSPS) is 16.4. The molecule has 148 valence electrons. The van der Waals surface area contributed by atoms with E-state index in [4.69, 9.17) is 0 Å². The monoisotopic (exact) mass is 385 g/mol. The van der Waals surface area contributed by atoms with Crippen molar-refractivity contribution in [3.8, 4) is 0 Å². The number of hydrogen-bond donors (Lipinski definition) is 0. The van der Waals surface area contributed by atoms with Gasteiger partial charge in [-0.3, -0.25) is 9.59 Å². The fourth-order valence-corrected chi connectivity index (χ4v) is 3.11. The van der Waals surface area contributed by atoms with E-state index in [-0.39, 0.29) is 23.5 Å². The average molecular weight is 385 g/mol. The Bertz CT molecular complexity index is 885. The van der Waals surface area contributed by atoms with Gasteiger partial charge in [0.15, 0.2) is 0 Å². The van der Waals surface area contributed by atoms with Gasteiger partial charge in [0.2, 0.25) is 11.8 Å². The van der Waals surface area contributed by atoms with E-state index >= 15 is 0 Å². The molecule has 1 atom stereocenters. The summed E-state index contributed by atoms with van der Waals surface area (Å²) in [6.07, 6.45) is 0.323. The molecule has 7 nitrogen and oxygen atoms in total. The smallest absolute Gasteiger partial charge is 0.227 e. The molecular weight excluding hydrogens is 361 g/mol. The minimum Gasteiger partial charge on any atom is -0.363 e. The highest BCUT2D eigenvalue weighted by Crippen LogP contribution is 2.32. The van der Waals surface area contributed by atoms with E-state index in [0.717, 1.165) is 11.5 Å². The molecule has 2 amide bonds. The lowest BCUT2D eigenvalue weighted by Gasteiger charge is -2.20. The van der Waals surface area contributed by atoms with Crippen molar-refractivity contribution in [2.24, 2.45) is 0 Å². The lowest BCUT2D eigenvalue weighted by Crippen LogP contribution is -2.26. The largest absolute Gasteiger partial charge is 0.363 e. The Morgan fingerprint density at radius 1 is 1.21 bits per heavy atom. The third kappa shape index (κ3) is 4.27. The molecule has 1 saturated heterocycles. The predicted molar refractivity (Wildman–Crippen MR) is 105 cm³/mol. The summed E-state index contributed by atoms with van der Waals surface area (Å²) in [6, 6.07) is 7.78. The number of halogens is 1. The molecule has 0 radical (unpaired) electrons. The van der Waals surface area contributed by atoms with Gasteiger partial charge in [0.1, 0.15) is 17.5 Å². The van der Waals surface area contributed by atoms with Gasteiger partial charge >= 0.3 is 0 Å². The summed E-state index contributed by atoms with van der Waals surface area (Å²) in [4.78, 5) is 38.3. The van der Waals surface area contributed by atoms with E-state index in [1.54, 1.807) is 29.0 Å². The summed E-state index contributed by atoms with van der Waals surface area (Å²) in [5, 5.41) is 0. The maximum absolute atomic E-state index is 13.2. The zero-order valence-electron chi connectivity index (χ0n) is 16.5. The fourth-order valence-electron chi connectivity index (χ4n) is 3.11. The van der Waals surface area contributed by atoms with E-state index in [1.165, 1.54) is 19.1 Å². The van der Waals surface area contributed by atoms with Gasteiger partial charge in [0.25, 0.3) is 0 Å². The van der Waals surface area contributed by atoms with Crippen molar-refractivity contribution >= 4 is 23.3 Å². The molecule has 0 spiro atoms. The van der Waals surface area contributed by atoms with Crippen molar-refractivity contribution in [2.75, 3.05) is 37.5 Å². The van der Waals surface area contributed by atoms with Gasteiger partial charge in [-0.1, -0.05) is 0 Å². The third-order valence-corrected chi connectivity index (χ3v) is 4.83. The van der Waals surface area contributed by atoms with Crippen LogP contribution in [0.25, 0.3) is 0 Å². The second-order valence-corrected chi connectivity index (χ2v) is 7.22. The Kier molecular flexibility index (Phi) is 5.58. The van der Waals surface area contributed by atoms with Crippen molar-refractivity contribution < 1.29 is 14.0 Å². The number of nitrogens with zero attached hydrogens (tertiary/aromatic N) is 5. The lowest BCUT2D eigenvalue weighted by atomic mass is 10.0. The highest BCUT2D eigenvalue weighted by Gasteiger charge is 2.33. The summed E-state index contributed by atoms with van der Waals surface area (Å²) >= 11 is 0. The summed E-state index contributed by atoms with van der Waals surface area (Å²) in [5.74, 6) is 0.734. The van der Waals surface area contributed by atoms with Crippen molar-refractivity contribution in [3.63, 3.8) is 0 Å². The maximum Gasteiger partial charge on any atom is 0.227 e. The minimum absolute atomic E-state index is 0.0240. The van der Waals surface area contributed by atoms with E-state index in [2.05, 4.69) is 9.97 Å². The number of carbonyl (C=O) groups excluding carboxylic acids is 2. The fraction of sp³-hybridized carbons (Fsp3) is 0.400. The van der Waals surface area contributed by atoms with Crippen molar-refractivity contribution in [2.45, 2.75) is 25.8 Å². The van der Waals surface area contributed by atoms with Gasteiger partial charge in [-0.2, -0.15) is 0 Å². The predicted octanol–water partition coefficient (Wildman–Crippen LogP) is 2.18. The molecule has 0 N–H and O–H groups in total. The number of rotatable bonds is 5. The number of carbonyl (C=O) groups is 2. The summed E-state index contributed by atoms with van der Waals surface area (Å²) < 4.78 is 13.2. The number of amides is 2. The minimum atomic E-state index is -0.336. The summed E-state index contributed by atoms with van der Waals surface area (Å²) in [7, 11) is 5.47. The Morgan fingerprint density at radius 3 is 2.50 bits per heavy atom. The first kappa shape index (κ1) is 19.7. The van der Waals surface area contributed by atoms with Crippen LogP contribution in [0, 0.1) is 5.82 Å². The molecular formula is C20H24FN5O2. The van der Waals surface area contributed by atoms with Crippen LogP contribution in [-0.4, -0.2) is 54.4 Å².